The van der Waals surface area contributed by atoms with Gasteiger partial charge in [-0.3, -0.25) is 15.2 Å². The molecule has 0 saturated heterocycles. The number of hydrogen-bond donors (Lipinski definition) is 2. The average molecular weight is 416 g/mol. The molecule has 0 aliphatic heterocycles. The number of hydrazine groups is 1. The van der Waals surface area contributed by atoms with Crippen LogP contribution >= 0.6 is 0 Å². The second kappa shape index (κ2) is 7.70. The first-order valence-electron chi connectivity index (χ1n) is 8.51. The van der Waals surface area contributed by atoms with E-state index in [1.54, 1.807) is 38.1 Å². The smallest absolute Gasteiger partial charge is 0.267 e. The van der Waals surface area contributed by atoms with Crippen LogP contribution in [0.3, 0.4) is 0 Å². The summed E-state index contributed by atoms with van der Waals surface area (Å²) in [5.41, 5.74) is 4.12. The van der Waals surface area contributed by atoms with Crippen molar-refractivity contribution in [3.63, 3.8) is 0 Å². The zero-order chi connectivity index (χ0) is 21.3. The van der Waals surface area contributed by atoms with Gasteiger partial charge in [0.05, 0.1) is 33.0 Å². The second-order valence-corrected chi connectivity index (χ2v) is 8.54. The molecule has 1 aromatic carbocycles. The Morgan fingerprint density at radius 3 is 2.31 bits per heavy atom. The Morgan fingerprint density at radius 1 is 1.07 bits per heavy atom. The number of nitrogens with two attached hydrogens (primary N) is 1. The number of pyridine rings is 1. The van der Waals surface area contributed by atoms with Gasteiger partial charge in [-0.05, 0) is 32.0 Å². The molecule has 1 amide bonds. The van der Waals surface area contributed by atoms with Crippen molar-refractivity contribution in [2.24, 2.45) is 5.84 Å². The van der Waals surface area contributed by atoms with Crippen LogP contribution in [-0.4, -0.2) is 47.9 Å². The van der Waals surface area contributed by atoms with Crippen molar-refractivity contribution in [1.29, 1.82) is 0 Å². The first kappa shape index (κ1) is 20.6. The number of amides is 1. The Labute approximate surface area is 167 Å². The lowest BCUT2D eigenvalue weighted by molar-refractivity contribution is 0.0952. The number of aromatic nitrogens is 3. The molecule has 152 valence electrons. The van der Waals surface area contributed by atoms with Gasteiger partial charge < -0.3 is 4.42 Å². The minimum absolute atomic E-state index is 0.0332. The normalized spacial score (nSPS) is 11.7. The molecule has 10 nitrogen and oxygen atoms in total. The molecule has 11 heteroatoms. The molecule has 3 rings (SSSR count). The highest BCUT2D eigenvalue weighted by Gasteiger charge is 2.25. The molecule has 3 aromatic rings. The third-order valence-corrected chi connectivity index (χ3v) is 6.18. The summed E-state index contributed by atoms with van der Waals surface area (Å²) < 4.78 is 32.1. The van der Waals surface area contributed by atoms with Crippen LogP contribution in [0.1, 0.15) is 21.7 Å². The van der Waals surface area contributed by atoms with Gasteiger partial charge in [0, 0.05) is 14.1 Å². The molecule has 0 saturated carbocycles. The fraction of sp³-hybridized carbons (Fsp3) is 0.222. The quantitative estimate of drug-likeness (QED) is 0.359. The highest BCUT2D eigenvalue weighted by atomic mass is 32.2. The van der Waals surface area contributed by atoms with Crippen molar-refractivity contribution in [1.82, 2.24) is 24.9 Å². The van der Waals surface area contributed by atoms with Crippen molar-refractivity contribution in [3.05, 3.63) is 47.3 Å². The van der Waals surface area contributed by atoms with E-state index < -0.39 is 15.9 Å². The third-order valence-electron chi connectivity index (χ3n) is 4.31. The molecule has 3 N–H and O–H groups in total. The summed E-state index contributed by atoms with van der Waals surface area (Å²) in [6.45, 7) is 3.42. The van der Waals surface area contributed by atoms with Crippen LogP contribution in [0.2, 0.25) is 0 Å². The molecule has 29 heavy (non-hydrogen) atoms. The highest BCUT2D eigenvalue weighted by Crippen LogP contribution is 2.31. The first-order chi connectivity index (χ1) is 13.7. The molecule has 0 radical (unpaired) electrons. The lowest BCUT2D eigenvalue weighted by atomic mass is 10.1. The summed E-state index contributed by atoms with van der Waals surface area (Å²) in [5, 5.41) is 8.02. The van der Waals surface area contributed by atoms with Crippen LogP contribution in [0.4, 0.5) is 0 Å². The Hall–Kier alpha value is -3.15. The predicted octanol–water partition coefficient (Wildman–Crippen LogP) is 1.27. The van der Waals surface area contributed by atoms with Crippen molar-refractivity contribution in [2.45, 2.75) is 18.7 Å². The maximum absolute atomic E-state index is 12.6. The Kier molecular flexibility index (Phi) is 5.46. The van der Waals surface area contributed by atoms with Gasteiger partial charge in [0.2, 0.25) is 21.8 Å². The summed E-state index contributed by atoms with van der Waals surface area (Å²) in [7, 11) is -0.837. The number of sulfonamides is 1. The van der Waals surface area contributed by atoms with E-state index in [2.05, 4.69) is 20.6 Å². The average Bonchev–Trinajstić information content (AvgIpc) is 3.17. The summed E-state index contributed by atoms with van der Waals surface area (Å²) in [4.78, 5) is 16.3. The monoisotopic (exact) mass is 416 g/mol. The summed E-state index contributed by atoms with van der Waals surface area (Å²) in [5.74, 6) is 4.86. The summed E-state index contributed by atoms with van der Waals surface area (Å²) >= 11 is 0. The second-order valence-electron chi connectivity index (χ2n) is 6.42. The molecule has 2 heterocycles. The maximum atomic E-state index is 12.6. The molecule has 2 aromatic heterocycles. The number of aryl methyl sites for hydroxylation is 2. The van der Waals surface area contributed by atoms with E-state index in [0.717, 1.165) is 4.31 Å². The van der Waals surface area contributed by atoms with E-state index >= 15 is 0 Å². The molecule has 0 bridgehead atoms. The minimum Gasteiger partial charge on any atom is -0.416 e. The van der Waals surface area contributed by atoms with E-state index in [1.807, 2.05) is 0 Å². The lowest BCUT2D eigenvalue weighted by Gasteiger charge is -2.13. The molecule has 0 atom stereocenters. The lowest BCUT2D eigenvalue weighted by Crippen LogP contribution is -2.30. The largest absolute Gasteiger partial charge is 0.416 e. The molecule has 0 unspecified atom stereocenters. The van der Waals surface area contributed by atoms with Crippen LogP contribution in [0.25, 0.3) is 22.9 Å². The van der Waals surface area contributed by atoms with Crippen LogP contribution < -0.4 is 11.3 Å². The van der Waals surface area contributed by atoms with E-state index in [9.17, 15) is 13.2 Å². The van der Waals surface area contributed by atoms with Gasteiger partial charge in [0.1, 0.15) is 0 Å². The van der Waals surface area contributed by atoms with Crippen molar-refractivity contribution >= 4 is 15.9 Å². The zero-order valence-corrected chi connectivity index (χ0v) is 17.1. The molecular weight excluding hydrogens is 396 g/mol. The van der Waals surface area contributed by atoms with Crippen LogP contribution in [0.5, 0.6) is 0 Å². The van der Waals surface area contributed by atoms with E-state index in [-0.39, 0.29) is 27.8 Å². The van der Waals surface area contributed by atoms with Gasteiger partial charge >= 0.3 is 0 Å². The van der Waals surface area contributed by atoms with Crippen LogP contribution in [-0.2, 0) is 10.0 Å². The number of carbonyl (C=O) groups is 1. The van der Waals surface area contributed by atoms with Gasteiger partial charge in [0.25, 0.3) is 5.91 Å². The van der Waals surface area contributed by atoms with E-state index in [1.165, 1.54) is 20.2 Å². The fourth-order valence-electron chi connectivity index (χ4n) is 2.76. The number of hydrogen-bond acceptors (Lipinski definition) is 8. The van der Waals surface area contributed by atoms with Crippen LogP contribution in [0.15, 0.2) is 39.6 Å². The fourth-order valence-corrected chi connectivity index (χ4v) is 3.83. The third kappa shape index (κ3) is 3.75. The zero-order valence-electron chi connectivity index (χ0n) is 16.3. The number of nitrogen functional groups attached to an aromatic ring is 1. The van der Waals surface area contributed by atoms with Gasteiger partial charge in [-0.25, -0.2) is 18.6 Å². The van der Waals surface area contributed by atoms with Crippen molar-refractivity contribution in [2.75, 3.05) is 14.1 Å². The van der Waals surface area contributed by atoms with E-state index in [0.29, 0.717) is 17.0 Å². The molecule has 0 aliphatic rings. The molecule has 0 spiro atoms. The topological polar surface area (TPSA) is 144 Å². The van der Waals surface area contributed by atoms with Crippen molar-refractivity contribution in [3.8, 4) is 22.9 Å². The summed E-state index contributed by atoms with van der Waals surface area (Å²) in [6, 6.07) is 7.90. The Balaban J connectivity index is 2.12. The predicted molar refractivity (Wildman–Crippen MR) is 105 cm³/mol. The number of carbonyl (C=O) groups excluding carboxylic acids is 1. The van der Waals surface area contributed by atoms with Gasteiger partial charge in [-0.1, -0.05) is 12.1 Å². The Morgan fingerprint density at radius 2 is 1.69 bits per heavy atom. The van der Waals surface area contributed by atoms with Gasteiger partial charge in [-0.15, -0.1) is 10.2 Å². The van der Waals surface area contributed by atoms with Crippen molar-refractivity contribution < 1.29 is 17.6 Å². The number of rotatable bonds is 5. The highest BCUT2D eigenvalue weighted by molar-refractivity contribution is 7.89. The maximum Gasteiger partial charge on any atom is 0.267 e. The SMILES string of the molecule is Cc1nc(C)c(-c2nnc(-c3ccccc3S(=O)(=O)N(C)C)o2)cc1C(=O)NN. The van der Waals surface area contributed by atoms with Crippen LogP contribution in [0, 0.1) is 13.8 Å². The molecule has 0 aliphatic carbocycles. The summed E-state index contributed by atoms with van der Waals surface area (Å²) in [6.07, 6.45) is 0. The van der Waals surface area contributed by atoms with E-state index in [4.69, 9.17) is 10.3 Å². The van der Waals surface area contributed by atoms with Gasteiger partial charge in [-0.2, -0.15) is 0 Å². The minimum atomic E-state index is -3.72. The van der Waals surface area contributed by atoms with Gasteiger partial charge in [0.15, 0.2) is 0 Å². The number of nitrogens with one attached hydrogen (secondary N) is 1. The standard InChI is InChI=1S/C18H20N6O4S/c1-10-13(16(25)21-19)9-14(11(2)20-10)18-23-22-17(28-18)12-7-5-6-8-15(12)29(26,27)24(3)4/h5-9H,19H2,1-4H3,(H,21,25). The number of nitrogens with zero attached hydrogens (tertiary/aromatic N) is 4. The molecule has 0 fully saturated rings. The number of benzene rings is 1. The Bertz CT molecular complexity index is 1190. The first-order valence-corrected chi connectivity index (χ1v) is 9.95. The molecular formula is C18H20N6O4S.